The number of aryl methyl sites for hydroxylation is 5. The number of halogens is 6. The zero-order valence-corrected chi connectivity index (χ0v) is 23.0. The highest BCUT2D eigenvalue weighted by molar-refractivity contribution is 5.84. The molecule has 41 heavy (non-hydrogen) atoms. The number of alkyl halides is 3. The molecule has 0 radical (unpaired) electrons. The SMILES string of the molecule is CCCCCCc1ccc(CCc2ccc3c(F)c(CCc4cc(F)c(OCC(F)(F)F)c(F)c4)ccc3c2)nc1. The Morgan fingerprint density at radius 2 is 1.44 bits per heavy atom. The van der Waals surface area contributed by atoms with Crippen molar-refractivity contribution < 1.29 is 31.1 Å². The van der Waals surface area contributed by atoms with Gasteiger partial charge in [-0.15, -0.1) is 0 Å². The Kier molecular flexibility index (Phi) is 10.3. The third-order valence-electron chi connectivity index (χ3n) is 7.09. The van der Waals surface area contributed by atoms with Crippen molar-refractivity contribution in [1.29, 1.82) is 0 Å². The molecule has 0 aliphatic carbocycles. The van der Waals surface area contributed by atoms with Gasteiger partial charge in [0, 0.05) is 17.3 Å². The average molecular weight is 574 g/mol. The summed E-state index contributed by atoms with van der Waals surface area (Å²) in [5, 5.41) is 1.20. The Morgan fingerprint density at radius 1 is 0.707 bits per heavy atom. The minimum absolute atomic E-state index is 0.0957. The van der Waals surface area contributed by atoms with Crippen LogP contribution < -0.4 is 4.74 Å². The van der Waals surface area contributed by atoms with Gasteiger partial charge in [0.25, 0.3) is 0 Å². The molecule has 0 saturated heterocycles. The van der Waals surface area contributed by atoms with E-state index in [2.05, 4.69) is 28.8 Å². The standard InChI is InChI=1S/C33H33F6NO/c1-2-3-4-5-6-23-9-15-27(40-20-23)14-8-22-10-16-28-26(17-22)13-12-25(31(28)36)11-7-24-18-29(34)32(30(35)19-24)41-21-33(37,38)39/h9-10,12-13,15-20H,2-8,11,14,21H2,1H3. The maximum Gasteiger partial charge on any atom is 0.422 e. The molecule has 2 nitrogen and oxygen atoms in total. The summed E-state index contributed by atoms with van der Waals surface area (Å²) in [5.74, 6) is -3.95. The number of unbranched alkanes of at least 4 members (excludes halogenated alkanes) is 3. The molecule has 1 heterocycles. The predicted molar refractivity (Wildman–Crippen MR) is 149 cm³/mol. The van der Waals surface area contributed by atoms with Crippen molar-refractivity contribution in [3.05, 3.63) is 106 Å². The molecule has 0 amide bonds. The van der Waals surface area contributed by atoms with Gasteiger partial charge >= 0.3 is 6.18 Å². The van der Waals surface area contributed by atoms with Crippen LogP contribution in [0.5, 0.6) is 5.75 Å². The van der Waals surface area contributed by atoms with Crippen molar-refractivity contribution in [2.45, 2.75) is 70.9 Å². The molecule has 0 unspecified atom stereocenters. The molecule has 4 aromatic rings. The average Bonchev–Trinajstić information content (AvgIpc) is 2.93. The monoisotopic (exact) mass is 573 g/mol. The maximum absolute atomic E-state index is 15.3. The molecule has 0 aliphatic heterocycles. The molecule has 0 saturated carbocycles. The lowest BCUT2D eigenvalue weighted by Crippen LogP contribution is -2.20. The third-order valence-corrected chi connectivity index (χ3v) is 7.09. The molecule has 0 fully saturated rings. The summed E-state index contributed by atoms with van der Waals surface area (Å²) >= 11 is 0. The van der Waals surface area contributed by atoms with Crippen LogP contribution >= 0.6 is 0 Å². The van der Waals surface area contributed by atoms with Gasteiger partial charge < -0.3 is 4.74 Å². The van der Waals surface area contributed by atoms with Crippen molar-refractivity contribution in [3.8, 4) is 5.75 Å². The molecule has 4 rings (SSSR count). The van der Waals surface area contributed by atoms with Crippen LogP contribution in [0.3, 0.4) is 0 Å². The molecule has 3 aromatic carbocycles. The van der Waals surface area contributed by atoms with E-state index >= 15 is 4.39 Å². The number of ether oxygens (including phenoxy) is 1. The Labute approximate surface area is 236 Å². The van der Waals surface area contributed by atoms with Crippen molar-refractivity contribution in [3.63, 3.8) is 0 Å². The predicted octanol–water partition coefficient (Wildman–Crippen LogP) is 9.29. The maximum atomic E-state index is 15.3. The van der Waals surface area contributed by atoms with Crippen LogP contribution in [0.2, 0.25) is 0 Å². The highest BCUT2D eigenvalue weighted by Crippen LogP contribution is 2.28. The smallest absolute Gasteiger partial charge is 0.422 e. The molecule has 8 heteroatoms. The molecular weight excluding hydrogens is 540 g/mol. The van der Waals surface area contributed by atoms with E-state index in [0.717, 1.165) is 48.0 Å². The van der Waals surface area contributed by atoms with E-state index in [-0.39, 0.29) is 18.4 Å². The second-order valence-corrected chi connectivity index (χ2v) is 10.4. The van der Waals surface area contributed by atoms with Crippen LogP contribution in [-0.2, 0) is 32.1 Å². The van der Waals surface area contributed by atoms with Crippen LogP contribution in [0.25, 0.3) is 10.8 Å². The van der Waals surface area contributed by atoms with E-state index in [1.807, 2.05) is 24.4 Å². The lowest BCUT2D eigenvalue weighted by Gasteiger charge is -2.12. The molecular formula is C33H33F6NO. The second-order valence-electron chi connectivity index (χ2n) is 10.4. The first kappa shape index (κ1) is 30.4. The van der Waals surface area contributed by atoms with E-state index < -0.39 is 36.0 Å². The van der Waals surface area contributed by atoms with Gasteiger partial charge in [-0.1, -0.05) is 62.6 Å². The van der Waals surface area contributed by atoms with Crippen LogP contribution in [0.1, 0.15) is 60.6 Å². The summed E-state index contributed by atoms with van der Waals surface area (Å²) < 4.78 is 84.9. The molecule has 218 valence electrons. The van der Waals surface area contributed by atoms with E-state index in [9.17, 15) is 22.0 Å². The fourth-order valence-electron chi connectivity index (χ4n) is 4.84. The number of pyridine rings is 1. The second kappa shape index (κ2) is 13.9. The first-order chi connectivity index (χ1) is 19.6. The summed E-state index contributed by atoms with van der Waals surface area (Å²) in [6.45, 7) is 0.402. The number of hydrogen-bond acceptors (Lipinski definition) is 2. The van der Waals surface area contributed by atoms with Crippen molar-refractivity contribution >= 4 is 10.8 Å². The van der Waals surface area contributed by atoms with E-state index in [1.54, 1.807) is 12.1 Å². The zero-order chi connectivity index (χ0) is 29.4. The third kappa shape index (κ3) is 8.72. The van der Waals surface area contributed by atoms with Gasteiger partial charge in [0.1, 0.15) is 5.82 Å². The first-order valence-corrected chi connectivity index (χ1v) is 13.9. The van der Waals surface area contributed by atoms with Gasteiger partial charge in [-0.3, -0.25) is 4.98 Å². The van der Waals surface area contributed by atoms with Gasteiger partial charge in [0.2, 0.25) is 0 Å². The summed E-state index contributed by atoms with van der Waals surface area (Å²) in [6.07, 6.45) is 4.97. The summed E-state index contributed by atoms with van der Waals surface area (Å²) in [4.78, 5) is 4.60. The first-order valence-electron chi connectivity index (χ1n) is 13.9. The largest absolute Gasteiger partial charge is 0.478 e. The minimum Gasteiger partial charge on any atom is -0.478 e. The van der Waals surface area contributed by atoms with Gasteiger partial charge in [-0.05, 0) is 84.4 Å². The Balaban J connectivity index is 1.35. The van der Waals surface area contributed by atoms with E-state index in [4.69, 9.17) is 0 Å². The van der Waals surface area contributed by atoms with Crippen molar-refractivity contribution in [1.82, 2.24) is 4.98 Å². The Morgan fingerprint density at radius 3 is 2.12 bits per heavy atom. The summed E-state index contributed by atoms with van der Waals surface area (Å²) in [5.41, 5.74) is 3.89. The molecule has 0 atom stereocenters. The van der Waals surface area contributed by atoms with Gasteiger partial charge in [-0.25, -0.2) is 13.2 Å². The summed E-state index contributed by atoms with van der Waals surface area (Å²) in [7, 11) is 0. The minimum atomic E-state index is -4.72. The van der Waals surface area contributed by atoms with Crippen molar-refractivity contribution in [2.75, 3.05) is 6.61 Å². The fourth-order valence-corrected chi connectivity index (χ4v) is 4.84. The van der Waals surface area contributed by atoms with Crippen LogP contribution in [0, 0.1) is 17.5 Å². The number of fused-ring (bicyclic) bond motifs is 1. The van der Waals surface area contributed by atoms with Crippen LogP contribution in [-0.4, -0.2) is 17.8 Å². The normalized spacial score (nSPS) is 11.8. The molecule has 0 aliphatic rings. The molecule has 0 spiro atoms. The number of benzene rings is 3. The van der Waals surface area contributed by atoms with Crippen LogP contribution in [0.15, 0.2) is 60.8 Å². The Bertz CT molecular complexity index is 1430. The fraction of sp³-hybridized carbons (Fsp3) is 0.364. The quantitative estimate of drug-likeness (QED) is 0.117. The lowest BCUT2D eigenvalue weighted by molar-refractivity contribution is -0.154. The number of rotatable bonds is 13. The summed E-state index contributed by atoms with van der Waals surface area (Å²) in [6, 6.07) is 15.1. The van der Waals surface area contributed by atoms with Crippen molar-refractivity contribution in [2.24, 2.45) is 0 Å². The van der Waals surface area contributed by atoms with E-state index in [0.29, 0.717) is 10.9 Å². The van der Waals surface area contributed by atoms with E-state index in [1.165, 1.54) is 31.2 Å². The van der Waals surface area contributed by atoms with Gasteiger partial charge in [0.05, 0.1) is 0 Å². The number of hydrogen-bond donors (Lipinski definition) is 0. The molecule has 1 aromatic heterocycles. The highest BCUT2D eigenvalue weighted by atomic mass is 19.4. The molecule has 0 bridgehead atoms. The van der Waals surface area contributed by atoms with Gasteiger partial charge in [0.15, 0.2) is 24.0 Å². The Hall–Kier alpha value is -3.55. The highest BCUT2D eigenvalue weighted by Gasteiger charge is 2.30. The number of nitrogens with zero attached hydrogens (tertiary/aromatic N) is 1. The lowest BCUT2D eigenvalue weighted by atomic mass is 9.97. The van der Waals surface area contributed by atoms with Crippen LogP contribution in [0.4, 0.5) is 26.3 Å². The number of aromatic nitrogens is 1. The topological polar surface area (TPSA) is 22.1 Å². The van der Waals surface area contributed by atoms with Gasteiger partial charge in [-0.2, -0.15) is 13.2 Å². The zero-order valence-electron chi connectivity index (χ0n) is 23.0. The molecule has 0 N–H and O–H groups in total.